The summed E-state index contributed by atoms with van der Waals surface area (Å²) in [6.45, 7) is 3.12. The summed E-state index contributed by atoms with van der Waals surface area (Å²) in [4.78, 5) is 12.5. The van der Waals surface area contributed by atoms with Gasteiger partial charge in [-0.25, -0.2) is 0 Å². The van der Waals surface area contributed by atoms with Gasteiger partial charge in [-0.05, 0) is 48.6 Å². The Morgan fingerprint density at radius 2 is 2.09 bits per heavy atom. The lowest BCUT2D eigenvalue weighted by molar-refractivity contribution is -0.182. The first-order valence-electron chi connectivity index (χ1n) is 8.55. The van der Waals surface area contributed by atoms with Crippen LogP contribution in [0.5, 0.6) is 5.75 Å². The minimum absolute atomic E-state index is 0.214. The van der Waals surface area contributed by atoms with Crippen LogP contribution in [0.1, 0.15) is 37.3 Å². The first-order valence-corrected chi connectivity index (χ1v) is 8.55. The summed E-state index contributed by atoms with van der Waals surface area (Å²) >= 11 is 0. The van der Waals surface area contributed by atoms with E-state index < -0.39 is 0 Å². The molecule has 4 atom stereocenters. The van der Waals surface area contributed by atoms with Crippen LogP contribution in [0.15, 0.2) is 18.2 Å². The molecule has 1 N–H and O–H groups in total. The standard InChI is InChI=1S/C19H25NO3/c1-12-8-14(21)11-18-6-7-20-17(19(12,18)23-3)9-13-4-5-15(22-2)10-16(13)18/h4-5,10,12,17,20H,6-9,11H2,1-3H3/t12?,17-,18-,19-/m1/s1. The molecule has 0 spiro atoms. The van der Waals surface area contributed by atoms with E-state index in [4.69, 9.17) is 9.47 Å². The number of hydrogen-bond donors (Lipinski definition) is 1. The number of carbonyl (C=O) groups is 1. The second kappa shape index (κ2) is 5.05. The van der Waals surface area contributed by atoms with E-state index in [1.54, 1.807) is 7.11 Å². The lowest BCUT2D eigenvalue weighted by Gasteiger charge is -2.64. The van der Waals surface area contributed by atoms with Crippen molar-refractivity contribution in [2.75, 3.05) is 20.8 Å². The first kappa shape index (κ1) is 15.2. The SMILES string of the molecule is COc1ccc2c(c1)[C@]13CCN[C@H](C2)[C@]1(OC)C(C)CC(=O)C3. The number of carbonyl (C=O) groups excluding carboxylic acids is 1. The van der Waals surface area contributed by atoms with Crippen LogP contribution in [0.4, 0.5) is 0 Å². The number of benzene rings is 1. The monoisotopic (exact) mass is 315 g/mol. The predicted octanol–water partition coefficient (Wildman–Crippen LogP) is 2.24. The Bertz CT molecular complexity index is 658. The van der Waals surface area contributed by atoms with E-state index in [0.29, 0.717) is 18.6 Å². The molecule has 2 bridgehead atoms. The van der Waals surface area contributed by atoms with Crippen molar-refractivity contribution in [3.8, 4) is 5.75 Å². The lowest BCUT2D eigenvalue weighted by Crippen LogP contribution is -2.76. The van der Waals surface area contributed by atoms with Gasteiger partial charge in [0.1, 0.15) is 11.5 Å². The summed E-state index contributed by atoms with van der Waals surface area (Å²) in [5.74, 6) is 1.44. The van der Waals surface area contributed by atoms with Crippen LogP contribution in [0.3, 0.4) is 0 Å². The smallest absolute Gasteiger partial charge is 0.134 e. The highest BCUT2D eigenvalue weighted by Crippen LogP contribution is 2.59. The summed E-state index contributed by atoms with van der Waals surface area (Å²) in [7, 11) is 3.53. The van der Waals surface area contributed by atoms with Crippen molar-refractivity contribution >= 4 is 5.78 Å². The van der Waals surface area contributed by atoms with Gasteiger partial charge in [-0.15, -0.1) is 0 Å². The summed E-state index contributed by atoms with van der Waals surface area (Å²) < 4.78 is 11.7. The molecule has 1 saturated carbocycles. The molecule has 1 aromatic rings. The fourth-order valence-electron chi connectivity index (χ4n) is 5.81. The van der Waals surface area contributed by atoms with Crippen LogP contribution in [-0.2, 0) is 21.4 Å². The fourth-order valence-corrected chi connectivity index (χ4v) is 5.81. The minimum Gasteiger partial charge on any atom is -0.497 e. The Kier molecular flexibility index (Phi) is 3.33. The molecular formula is C19H25NO3. The normalized spacial score (nSPS) is 38.7. The molecule has 0 amide bonds. The minimum atomic E-state index is -0.307. The molecular weight excluding hydrogens is 290 g/mol. The van der Waals surface area contributed by atoms with Crippen LogP contribution in [0.25, 0.3) is 0 Å². The zero-order chi connectivity index (χ0) is 16.2. The van der Waals surface area contributed by atoms with Crippen molar-refractivity contribution in [3.63, 3.8) is 0 Å². The number of rotatable bonds is 2. The Labute approximate surface area is 137 Å². The average Bonchev–Trinajstić information content (AvgIpc) is 2.54. The lowest BCUT2D eigenvalue weighted by atomic mass is 9.47. The molecule has 3 aliphatic rings. The number of piperidine rings is 1. The van der Waals surface area contributed by atoms with Gasteiger partial charge in [0.05, 0.1) is 12.7 Å². The van der Waals surface area contributed by atoms with Crippen molar-refractivity contribution in [1.29, 1.82) is 0 Å². The van der Waals surface area contributed by atoms with Crippen molar-refractivity contribution in [3.05, 3.63) is 29.3 Å². The second-order valence-corrected chi connectivity index (χ2v) is 7.38. The Morgan fingerprint density at radius 1 is 1.26 bits per heavy atom. The van der Waals surface area contributed by atoms with Gasteiger partial charge in [-0.3, -0.25) is 4.79 Å². The summed E-state index contributed by atoms with van der Waals surface area (Å²) in [5, 5.41) is 3.68. The maximum Gasteiger partial charge on any atom is 0.134 e. The maximum atomic E-state index is 12.5. The van der Waals surface area contributed by atoms with Crippen molar-refractivity contribution in [2.45, 2.75) is 49.7 Å². The van der Waals surface area contributed by atoms with E-state index in [1.807, 2.05) is 13.2 Å². The molecule has 1 aromatic carbocycles. The van der Waals surface area contributed by atoms with Gasteiger partial charge in [0, 0.05) is 31.4 Å². The molecule has 1 unspecified atom stereocenters. The van der Waals surface area contributed by atoms with Crippen LogP contribution < -0.4 is 10.1 Å². The van der Waals surface area contributed by atoms with Gasteiger partial charge in [0.25, 0.3) is 0 Å². The molecule has 0 aromatic heterocycles. The first-order chi connectivity index (χ1) is 11.1. The van der Waals surface area contributed by atoms with Crippen LogP contribution in [0, 0.1) is 5.92 Å². The highest BCUT2D eigenvalue weighted by atomic mass is 16.5. The second-order valence-electron chi connectivity index (χ2n) is 7.38. The number of Topliss-reactive ketones (excluding diaryl/α,β-unsaturated/α-hetero) is 1. The van der Waals surface area contributed by atoms with Crippen LogP contribution in [-0.4, -0.2) is 38.2 Å². The summed E-state index contributed by atoms with van der Waals surface area (Å²) in [6, 6.07) is 6.61. The van der Waals surface area contributed by atoms with Crippen molar-refractivity contribution < 1.29 is 14.3 Å². The van der Waals surface area contributed by atoms with E-state index in [9.17, 15) is 4.79 Å². The zero-order valence-electron chi connectivity index (χ0n) is 14.1. The highest BCUT2D eigenvalue weighted by molar-refractivity contribution is 5.83. The highest BCUT2D eigenvalue weighted by Gasteiger charge is 2.66. The van der Waals surface area contributed by atoms with Gasteiger partial charge < -0.3 is 14.8 Å². The van der Waals surface area contributed by atoms with Gasteiger partial charge >= 0.3 is 0 Å². The number of fused-ring (bicyclic) bond motifs is 1. The van der Waals surface area contributed by atoms with Gasteiger partial charge in [-0.2, -0.15) is 0 Å². The zero-order valence-corrected chi connectivity index (χ0v) is 14.1. The van der Waals surface area contributed by atoms with Gasteiger partial charge in [-0.1, -0.05) is 13.0 Å². The molecule has 1 saturated heterocycles. The van der Waals surface area contributed by atoms with E-state index in [2.05, 4.69) is 24.4 Å². The van der Waals surface area contributed by atoms with Crippen LogP contribution >= 0.6 is 0 Å². The largest absolute Gasteiger partial charge is 0.497 e. The summed E-state index contributed by atoms with van der Waals surface area (Å²) in [5.41, 5.74) is 2.07. The number of methoxy groups -OCH3 is 2. The molecule has 4 heteroatoms. The molecule has 4 rings (SSSR count). The quantitative estimate of drug-likeness (QED) is 0.909. The predicted molar refractivity (Wildman–Crippen MR) is 87.9 cm³/mol. The third kappa shape index (κ3) is 1.76. The molecule has 2 aliphatic carbocycles. The Morgan fingerprint density at radius 3 is 2.83 bits per heavy atom. The molecule has 4 nitrogen and oxygen atoms in total. The number of hydrogen-bond acceptors (Lipinski definition) is 4. The number of ketones is 1. The molecule has 1 heterocycles. The topological polar surface area (TPSA) is 47.6 Å². The molecule has 23 heavy (non-hydrogen) atoms. The van der Waals surface area contributed by atoms with Crippen LogP contribution in [0.2, 0.25) is 0 Å². The fraction of sp³-hybridized carbons (Fsp3) is 0.632. The maximum absolute atomic E-state index is 12.5. The third-order valence-electron chi connectivity index (χ3n) is 6.57. The molecule has 0 radical (unpaired) electrons. The Hall–Kier alpha value is -1.39. The molecule has 2 fully saturated rings. The molecule has 1 aliphatic heterocycles. The van der Waals surface area contributed by atoms with Gasteiger partial charge in [0.2, 0.25) is 0 Å². The summed E-state index contributed by atoms with van der Waals surface area (Å²) in [6.07, 6.45) is 3.09. The van der Waals surface area contributed by atoms with Crippen molar-refractivity contribution in [2.24, 2.45) is 5.92 Å². The number of ether oxygens (including phenoxy) is 2. The Balaban J connectivity index is 1.99. The third-order valence-corrected chi connectivity index (χ3v) is 6.57. The van der Waals surface area contributed by atoms with E-state index in [0.717, 1.165) is 25.1 Å². The van der Waals surface area contributed by atoms with E-state index >= 15 is 0 Å². The number of nitrogens with one attached hydrogen (secondary N) is 1. The van der Waals surface area contributed by atoms with Crippen molar-refractivity contribution in [1.82, 2.24) is 5.32 Å². The van der Waals surface area contributed by atoms with E-state index in [-0.39, 0.29) is 23.0 Å². The van der Waals surface area contributed by atoms with Gasteiger partial charge in [0.15, 0.2) is 0 Å². The molecule has 124 valence electrons. The average molecular weight is 315 g/mol. The van der Waals surface area contributed by atoms with E-state index in [1.165, 1.54) is 11.1 Å².